The van der Waals surface area contributed by atoms with E-state index < -0.39 is 5.97 Å². The topological polar surface area (TPSA) is 37.3 Å². The Morgan fingerprint density at radius 3 is 2.29 bits per heavy atom. The van der Waals surface area contributed by atoms with Gasteiger partial charge in [0.2, 0.25) is 0 Å². The Hall–Kier alpha value is -0.0500. The summed E-state index contributed by atoms with van der Waals surface area (Å²) in [4.78, 5) is 10.2. The molecule has 0 radical (unpaired) electrons. The molecule has 0 aromatic carbocycles. The number of hydrogen-bond acceptors (Lipinski definition) is 1. The van der Waals surface area contributed by atoms with Crippen LogP contribution in [0.2, 0.25) is 0 Å². The number of carboxylic acids is 1. The number of rotatable bonds is 1. The van der Waals surface area contributed by atoms with Gasteiger partial charge in [-0.25, -0.2) is 0 Å². The maximum absolute atomic E-state index is 9.94. The van der Waals surface area contributed by atoms with Gasteiger partial charge >= 0.3 is 5.97 Å². The fraction of sp³-hybridized carbons (Fsp3) is 0.750. The van der Waals surface area contributed by atoms with Gasteiger partial charge in [-0.05, 0) is 6.42 Å². The predicted molar refractivity (Wildman–Crippen MR) is 28.5 cm³/mol. The molecule has 7 heavy (non-hydrogen) atoms. The standard InChI is InChI=1S/C4H5BrO2/c5-3-1-2(3)4(6)7/h2-3H,1H2,(H,6,7)/t2?,3-/m1/s1. The fourth-order valence-corrected chi connectivity index (χ4v) is 1.05. The van der Waals surface area contributed by atoms with Crippen LogP contribution in [-0.4, -0.2) is 15.9 Å². The highest BCUT2D eigenvalue weighted by atomic mass is 79.9. The molecule has 1 aliphatic carbocycles. The minimum Gasteiger partial charge on any atom is -0.481 e. The van der Waals surface area contributed by atoms with Crippen molar-refractivity contribution in [1.29, 1.82) is 0 Å². The summed E-state index contributed by atoms with van der Waals surface area (Å²) >= 11 is 3.17. The van der Waals surface area contributed by atoms with Crippen LogP contribution >= 0.6 is 15.9 Å². The Labute approximate surface area is 49.7 Å². The van der Waals surface area contributed by atoms with Gasteiger partial charge in [-0.2, -0.15) is 0 Å². The third kappa shape index (κ3) is 0.938. The average Bonchev–Trinajstić information content (AvgIpc) is 2.17. The zero-order chi connectivity index (χ0) is 5.44. The van der Waals surface area contributed by atoms with E-state index in [1.165, 1.54) is 0 Å². The van der Waals surface area contributed by atoms with E-state index in [1.54, 1.807) is 0 Å². The van der Waals surface area contributed by atoms with Crippen LogP contribution in [0.25, 0.3) is 0 Å². The molecule has 1 N–H and O–H groups in total. The van der Waals surface area contributed by atoms with E-state index in [0.717, 1.165) is 6.42 Å². The van der Waals surface area contributed by atoms with E-state index in [2.05, 4.69) is 15.9 Å². The number of alkyl halides is 1. The molecule has 0 bridgehead atoms. The van der Waals surface area contributed by atoms with Crippen molar-refractivity contribution < 1.29 is 9.90 Å². The number of hydrogen-bond donors (Lipinski definition) is 1. The molecule has 0 spiro atoms. The van der Waals surface area contributed by atoms with Crippen molar-refractivity contribution in [3.63, 3.8) is 0 Å². The van der Waals surface area contributed by atoms with E-state index in [-0.39, 0.29) is 10.7 Å². The van der Waals surface area contributed by atoms with Crippen LogP contribution in [0.15, 0.2) is 0 Å². The van der Waals surface area contributed by atoms with Crippen molar-refractivity contribution in [2.75, 3.05) is 0 Å². The van der Waals surface area contributed by atoms with Crippen LogP contribution in [0.1, 0.15) is 6.42 Å². The van der Waals surface area contributed by atoms with Crippen molar-refractivity contribution in [2.45, 2.75) is 11.2 Å². The van der Waals surface area contributed by atoms with Crippen molar-refractivity contribution >= 4 is 21.9 Å². The summed E-state index contributed by atoms with van der Waals surface area (Å²) in [6, 6.07) is 0. The van der Waals surface area contributed by atoms with E-state index in [0.29, 0.717) is 0 Å². The van der Waals surface area contributed by atoms with Gasteiger partial charge in [0.1, 0.15) is 0 Å². The highest BCUT2D eigenvalue weighted by molar-refractivity contribution is 9.09. The van der Waals surface area contributed by atoms with Crippen molar-refractivity contribution in [3.05, 3.63) is 0 Å². The molecule has 1 fully saturated rings. The van der Waals surface area contributed by atoms with Crippen molar-refractivity contribution in [1.82, 2.24) is 0 Å². The highest BCUT2D eigenvalue weighted by Crippen LogP contribution is 2.37. The Morgan fingerprint density at radius 2 is 2.29 bits per heavy atom. The van der Waals surface area contributed by atoms with Gasteiger partial charge < -0.3 is 5.11 Å². The van der Waals surface area contributed by atoms with Gasteiger partial charge in [-0.3, -0.25) is 4.79 Å². The SMILES string of the molecule is O=C(O)C1C[C@H]1Br. The molecule has 3 heteroatoms. The largest absolute Gasteiger partial charge is 0.481 e. The molecule has 40 valence electrons. The lowest BCUT2D eigenvalue weighted by molar-refractivity contribution is -0.138. The summed E-state index contributed by atoms with van der Waals surface area (Å²) < 4.78 is 0. The first-order valence-electron chi connectivity index (χ1n) is 2.08. The molecule has 0 heterocycles. The van der Waals surface area contributed by atoms with Crippen LogP contribution in [0.4, 0.5) is 0 Å². The minimum absolute atomic E-state index is 0.0972. The monoisotopic (exact) mass is 164 g/mol. The first-order chi connectivity index (χ1) is 3.22. The lowest BCUT2D eigenvalue weighted by atomic mass is 10.5. The third-order valence-electron chi connectivity index (χ3n) is 1.03. The molecule has 0 aromatic rings. The smallest absolute Gasteiger partial charge is 0.307 e. The van der Waals surface area contributed by atoms with Gasteiger partial charge in [0.25, 0.3) is 0 Å². The van der Waals surface area contributed by atoms with E-state index in [1.807, 2.05) is 0 Å². The third-order valence-corrected chi connectivity index (χ3v) is 2.04. The maximum atomic E-state index is 9.94. The van der Waals surface area contributed by atoms with Gasteiger partial charge in [0.05, 0.1) is 5.92 Å². The summed E-state index contributed by atoms with van der Waals surface area (Å²) in [5.41, 5.74) is 0. The molecule has 0 saturated heterocycles. The summed E-state index contributed by atoms with van der Waals surface area (Å²) in [6.45, 7) is 0. The van der Waals surface area contributed by atoms with E-state index >= 15 is 0 Å². The van der Waals surface area contributed by atoms with Crippen molar-refractivity contribution in [3.8, 4) is 0 Å². The Bertz CT molecular complexity index is 102. The van der Waals surface area contributed by atoms with E-state index in [9.17, 15) is 4.79 Å². The second kappa shape index (κ2) is 1.47. The van der Waals surface area contributed by atoms with Crippen LogP contribution in [-0.2, 0) is 4.79 Å². The quantitative estimate of drug-likeness (QED) is 0.585. The Balaban J connectivity index is 2.33. The number of carboxylic acid groups (broad SMARTS) is 1. The molecular formula is C4H5BrO2. The molecule has 1 aliphatic rings. The minimum atomic E-state index is -0.679. The molecule has 1 rings (SSSR count). The molecule has 2 atom stereocenters. The summed E-state index contributed by atoms with van der Waals surface area (Å²) in [5.74, 6) is -0.776. The highest BCUT2D eigenvalue weighted by Gasteiger charge is 2.40. The molecule has 0 aliphatic heterocycles. The molecule has 1 saturated carbocycles. The fourth-order valence-electron chi connectivity index (χ4n) is 0.420. The van der Waals surface area contributed by atoms with E-state index in [4.69, 9.17) is 5.11 Å². The van der Waals surface area contributed by atoms with Gasteiger partial charge in [0, 0.05) is 4.83 Å². The normalized spacial score (nSPS) is 37.9. The van der Waals surface area contributed by atoms with Crippen LogP contribution in [0, 0.1) is 5.92 Å². The zero-order valence-electron chi connectivity index (χ0n) is 3.60. The Kier molecular flexibility index (Phi) is 1.07. The lowest BCUT2D eigenvalue weighted by Gasteiger charge is -1.78. The summed E-state index contributed by atoms with van der Waals surface area (Å²) in [5, 5.41) is 8.19. The molecule has 2 nitrogen and oxygen atoms in total. The van der Waals surface area contributed by atoms with Gasteiger partial charge in [-0.15, -0.1) is 0 Å². The average molecular weight is 165 g/mol. The first kappa shape index (κ1) is 5.09. The van der Waals surface area contributed by atoms with Crippen molar-refractivity contribution in [2.24, 2.45) is 5.92 Å². The van der Waals surface area contributed by atoms with Gasteiger partial charge in [0.15, 0.2) is 0 Å². The Morgan fingerprint density at radius 1 is 1.86 bits per heavy atom. The second-order valence-electron chi connectivity index (χ2n) is 1.70. The second-order valence-corrected chi connectivity index (χ2v) is 2.87. The van der Waals surface area contributed by atoms with Crippen LogP contribution < -0.4 is 0 Å². The number of carbonyl (C=O) groups is 1. The molecule has 0 aromatic heterocycles. The summed E-state index contributed by atoms with van der Waals surface area (Å²) in [7, 11) is 0. The first-order valence-corrected chi connectivity index (χ1v) is 3.00. The van der Waals surface area contributed by atoms with Crippen LogP contribution in [0.3, 0.4) is 0 Å². The lowest BCUT2D eigenvalue weighted by Crippen LogP contribution is -1.97. The maximum Gasteiger partial charge on any atom is 0.307 e. The predicted octanol–water partition coefficient (Wildman–Crippen LogP) is 0.854. The number of aliphatic carboxylic acids is 1. The molecule has 0 amide bonds. The summed E-state index contributed by atoms with van der Waals surface area (Å²) in [6.07, 6.45) is 0.801. The number of halogens is 1. The zero-order valence-corrected chi connectivity index (χ0v) is 5.18. The molecule has 1 unspecified atom stereocenters. The van der Waals surface area contributed by atoms with Crippen LogP contribution in [0.5, 0.6) is 0 Å². The van der Waals surface area contributed by atoms with Gasteiger partial charge in [-0.1, -0.05) is 15.9 Å². The molecular weight excluding hydrogens is 160 g/mol.